The van der Waals surface area contributed by atoms with E-state index in [2.05, 4.69) is 9.98 Å². The lowest BCUT2D eigenvalue weighted by Crippen LogP contribution is -2.39. The minimum atomic E-state index is -1.60. The fourth-order valence-electron chi connectivity index (χ4n) is 2.41. The van der Waals surface area contributed by atoms with Crippen molar-refractivity contribution < 1.29 is 5.82 Å². The molecule has 0 aromatic heterocycles. The first-order chi connectivity index (χ1) is 10.1. The highest BCUT2D eigenvalue weighted by Gasteiger charge is 2.34. The van der Waals surface area contributed by atoms with E-state index in [4.69, 9.17) is 5.73 Å². The quantitative estimate of drug-likeness (QED) is 0.901. The molecular weight excluding hydrogens is 265 g/mol. The van der Waals surface area contributed by atoms with Crippen molar-refractivity contribution in [2.45, 2.75) is 12.6 Å². The van der Waals surface area contributed by atoms with Crippen LogP contribution in [0.5, 0.6) is 0 Å². The van der Waals surface area contributed by atoms with Crippen LogP contribution in [0, 0.1) is 0 Å². The number of benzene rings is 2. The van der Waals surface area contributed by atoms with Gasteiger partial charge in [-0.2, -0.15) is 0 Å². The molecule has 4 heteroatoms. The molecule has 0 spiro atoms. The standard InChI is InChI=1S/C17H16FN3.H2/c1-17(18)11-20-16(19)21-15(17)14-9-5-8-13(10-14)12-6-3-2-4-7-12;/h2-10H,11H2,1H3,(H2,19,20);1H. The Morgan fingerprint density at radius 2 is 1.71 bits per heavy atom. The third-order valence-electron chi connectivity index (χ3n) is 3.50. The molecule has 1 aliphatic heterocycles. The van der Waals surface area contributed by atoms with Crippen LogP contribution in [0.1, 0.15) is 13.9 Å². The van der Waals surface area contributed by atoms with Crippen molar-refractivity contribution in [1.82, 2.24) is 0 Å². The van der Waals surface area contributed by atoms with Crippen LogP contribution in [0.2, 0.25) is 0 Å². The molecule has 0 aliphatic carbocycles. The normalized spacial score (nSPS) is 21.6. The van der Waals surface area contributed by atoms with Gasteiger partial charge in [0.2, 0.25) is 5.96 Å². The summed E-state index contributed by atoms with van der Waals surface area (Å²) in [6, 6.07) is 17.6. The molecule has 0 saturated carbocycles. The lowest BCUT2D eigenvalue weighted by Gasteiger charge is -2.24. The molecule has 108 valence electrons. The van der Waals surface area contributed by atoms with Crippen LogP contribution in [0.25, 0.3) is 11.1 Å². The van der Waals surface area contributed by atoms with Gasteiger partial charge in [-0.25, -0.2) is 14.4 Å². The van der Waals surface area contributed by atoms with Gasteiger partial charge in [0.1, 0.15) is 0 Å². The average Bonchev–Trinajstić information content (AvgIpc) is 2.51. The van der Waals surface area contributed by atoms with E-state index >= 15 is 0 Å². The second kappa shape index (κ2) is 5.13. The summed E-state index contributed by atoms with van der Waals surface area (Å²) in [5.74, 6) is 0.130. The Labute approximate surface area is 124 Å². The van der Waals surface area contributed by atoms with Crippen LogP contribution in [0.15, 0.2) is 64.6 Å². The molecule has 0 saturated heterocycles. The first-order valence-corrected chi connectivity index (χ1v) is 6.80. The van der Waals surface area contributed by atoms with Gasteiger partial charge in [0.05, 0.1) is 12.3 Å². The molecule has 3 nitrogen and oxygen atoms in total. The second-order valence-corrected chi connectivity index (χ2v) is 5.28. The molecule has 2 aromatic rings. The van der Waals surface area contributed by atoms with Crippen LogP contribution in [-0.4, -0.2) is 23.9 Å². The fraction of sp³-hybridized carbons (Fsp3) is 0.176. The number of hydrogen-bond donors (Lipinski definition) is 1. The van der Waals surface area contributed by atoms with Crippen LogP contribution in [-0.2, 0) is 0 Å². The number of guanidine groups is 1. The van der Waals surface area contributed by atoms with Crippen LogP contribution in [0.4, 0.5) is 4.39 Å². The molecule has 3 rings (SSSR count). The largest absolute Gasteiger partial charge is 0.368 e. The van der Waals surface area contributed by atoms with Crippen molar-refractivity contribution in [3.63, 3.8) is 0 Å². The van der Waals surface area contributed by atoms with Gasteiger partial charge in [0, 0.05) is 6.99 Å². The number of nitrogens with two attached hydrogens (primary N) is 1. The minimum Gasteiger partial charge on any atom is -0.368 e. The molecule has 1 heterocycles. The van der Waals surface area contributed by atoms with Crippen molar-refractivity contribution in [3.05, 3.63) is 60.2 Å². The molecule has 0 radical (unpaired) electrons. The Bertz CT molecular complexity index is 724. The zero-order chi connectivity index (χ0) is 14.9. The molecule has 1 aliphatic rings. The summed E-state index contributed by atoms with van der Waals surface area (Å²) in [7, 11) is 0. The second-order valence-electron chi connectivity index (χ2n) is 5.28. The first kappa shape index (κ1) is 13.5. The van der Waals surface area contributed by atoms with E-state index in [1.807, 2.05) is 54.6 Å². The maximum atomic E-state index is 14.6. The van der Waals surface area contributed by atoms with Crippen molar-refractivity contribution in [2.75, 3.05) is 6.54 Å². The van der Waals surface area contributed by atoms with Crippen LogP contribution < -0.4 is 5.73 Å². The smallest absolute Gasteiger partial charge is 0.215 e. The van der Waals surface area contributed by atoms with Gasteiger partial charge in [-0.15, -0.1) is 0 Å². The summed E-state index contributed by atoms with van der Waals surface area (Å²) in [4.78, 5) is 7.98. The molecule has 1 atom stereocenters. The molecular formula is C17H18FN3. The highest BCUT2D eigenvalue weighted by molar-refractivity contribution is 6.13. The Kier molecular flexibility index (Phi) is 3.29. The number of nitrogens with zero attached hydrogens (tertiary/aromatic N) is 2. The third kappa shape index (κ3) is 2.70. The van der Waals surface area contributed by atoms with E-state index in [0.717, 1.165) is 16.7 Å². The van der Waals surface area contributed by atoms with Crippen molar-refractivity contribution in [1.29, 1.82) is 0 Å². The monoisotopic (exact) mass is 283 g/mol. The lowest BCUT2D eigenvalue weighted by atomic mass is 9.92. The van der Waals surface area contributed by atoms with Gasteiger partial charge < -0.3 is 5.73 Å². The number of rotatable bonds is 2. The molecule has 0 amide bonds. The predicted molar refractivity (Wildman–Crippen MR) is 86.5 cm³/mol. The molecule has 1 unspecified atom stereocenters. The van der Waals surface area contributed by atoms with E-state index in [9.17, 15) is 4.39 Å². The first-order valence-electron chi connectivity index (χ1n) is 6.80. The van der Waals surface area contributed by atoms with Crippen molar-refractivity contribution >= 4 is 11.7 Å². The highest BCUT2D eigenvalue weighted by Crippen LogP contribution is 2.26. The minimum absolute atomic E-state index is 0. The predicted octanol–water partition coefficient (Wildman–Crippen LogP) is 3.45. The SMILES string of the molecule is CC1(F)CN=C(N)N=C1c1cccc(-c2ccccc2)c1.[HH]. The molecule has 21 heavy (non-hydrogen) atoms. The Morgan fingerprint density at radius 1 is 1.05 bits per heavy atom. The summed E-state index contributed by atoms with van der Waals surface area (Å²) < 4.78 is 14.6. The summed E-state index contributed by atoms with van der Waals surface area (Å²) >= 11 is 0. The van der Waals surface area contributed by atoms with Gasteiger partial charge >= 0.3 is 0 Å². The summed E-state index contributed by atoms with van der Waals surface area (Å²) in [6.07, 6.45) is 0. The van der Waals surface area contributed by atoms with Gasteiger partial charge in [0.25, 0.3) is 0 Å². The number of aliphatic imine (C=N–C) groups is 2. The molecule has 0 fully saturated rings. The summed E-state index contributed by atoms with van der Waals surface area (Å²) in [6.45, 7) is 1.49. The van der Waals surface area contributed by atoms with Gasteiger partial charge in [-0.05, 0) is 24.1 Å². The zero-order valence-corrected chi connectivity index (χ0v) is 11.8. The Balaban J connectivity index is 0.00000176. The van der Waals surface area contributed by atoms with Gasteiger partial charge in [0.15, 0.2) is 5.67 Å². The topological polar surface area (TPSA) is 50.7 Å². The fourth-order valence-corrected chi connectivity index (χ4v) is 2.41. The molecule has 2 N–H and O–H groups in total. The van der Waals surface area contributed by atoms with E-state index in [1.165, 1.54) is 6.92 Å². The zero-order valence-electron chi connectivity index (χ0n) is 11.8. The third-order valence-corrected chi connectivity index (χ3v) is 3.50. The van der Waals surface area contributed by atoms with Gasteiger partial charge in [-0.3, -0.25) is 0 Å². The lowest BCUT2D eigenvalue weighted by molar-refractivity contribution is 0.293. The van der Waals surface area contributed by atoms with Crippen molar-refractivity contribution in [3.8, 4) is 11.1 Å². The van der Waals surface area contributed by atoms with Crippen LogP contribution >= 0.6 is 0 Å². The molecule has 2 aromatic carbocycles. The van der Waals surface area contributed by atoms with Crippen molar-refractivity contribution in [2.24, 2.45) is 15.7 Å². The maximum absolute atomic E-state index is 14.6. The van der Waals surface area contributed by atoms with E-state index in [0.29, 0.717) is 5.71 Å². The highest BCUT2D eigenvalue weighted by atomic mass is 19.1. The number of alkyl halides is 1. The number of halogens is 1. The summed E-state index contributed by atoms with van der Waals surface area (Å²) in [5.41, 5.74) is 7.21. The average molecular weight is 283 g/mol. The Morgan fingerprint density at radius 3 is 2.48 bits per heavy atom. The van der Waals surface area contributed by atoms with E-state index in [-0.39, 0.29) is 13.9 Å². The van der Waals surface area contributed by atoms with Crippen LogP contribution in [0.3, 0.4) is 0 Å². The molecule has 0 bridgehead atoms. The maximum Gasteiger partial charge on any atom is 0.215 e. The summed E-state index contributed by atoms with van der Waals surface area (Å²) in [5, 5.41) is 0. The van der Waals surface area contributed by atoms with E-state index < -0.39 is 5.67 Å². The Hall–Kier alpha value is -2.49. The number of hydrogen-bond acceptors (Lipinski definition) is 3. The van der Waals surface area contributed by atoms with E-state index in [1.54, 1.807) is 0 Å². The van der Waals surface area contributed by atoms with Gasteiger partial charge in [-0.1, -0.05) is 48.5 Å².